The minimum atomic E-state index is -0.741. The van der Waals surface area contributed by atoms with Gasteiger partial charge in [-0.05, 0) is 25.8 Å². The maximum Gasteiger partial charge on any atom is 0.420 e. The van der Waals surface area contributed by atoms with Gasteiger partial charge < -0.3 is 14.3 Å². The molecule has 0 fully saturated rings. The molecule has 0 aliphatic heterocycles. The van der Waals surface area contributed by atoms with Crippen LogP contribution in [-0.4, -0.2) is 32.1 Å². The van der Waals surface area contributed by atoms with E-state index >= 15 is 0 Å². The molecular weight excluding hydrogens is 442 g/mol. The Balaban J connectivity index is 1.20. The first kappa shape index (κ1) is 22.9. The Morgan fingerprint density at radius 1 is 1.15 bits per heavy atom. The molecule has 0 bridgehead atoms. The van der Waals surface area contributed by atoms with Crippen molar-refractivity contribution in [3.05, 3.63) is 74.6 Å². The summed E-state index contributed by atoms with van der Waals surface area (Å²) in [6, 6.07) is 11.7. The lowest BCUT2D eigenvalue weighted by Gasteiger charge is -2.05. The van der Waals surface area contributed by atoms with Gasteiger partial charge in [-0.15, -0.1) is 0 Å². The van der Waals surface area contributed by atoms with Crippen LogP contribution < -0.4 is 11.1 Å². The molecule has 11 heteroatoms. The summed E-state index contributed by atoms with van der Waals surface area (Å²) in [5.74, 6) is 0.0583. The number of aromatic nitrogens is 3. The maximum atomic E-state index is 12.2. The molecule has 1 N–H and O–H groups in total. The third kappa shape index (κ3) is 5.37. The highest BCUT2D eigenvalue weighted by atomic mass is 16.6. The Morgan fingerprint density at radius 2 is 1.94 bits per heavy atom. The summed E-state index contributed by atoms with van der Waals surface area (Å²) in [7, 11) is 0. The van der Waals surface area contributed by atoms with Gasteiger partial charge >= 0.3 is 5.76 Å². The zero-order chi connectivity index (χ0) is 24.1. The lowest BCUT2D eigenvalue weighted by Crippen LogP contribution is -2.31. The van der Waals surface area contributed by atoms with E-state index in [4.69, 9.17) is 8.94 Å². The molecule has 176 valence electrons. The summed E-state index contributed by atoms with van der Waals surface area (Å²) in [5, 5.41) is 17.7. The Morgan fingerprint density at radius 3 is 2.71 bits per heavy atom. The molecule has 2 aromatic carbocycles. The van der Waals surface area contributed by atoms with Crippen LogP contribution in [0.2, 0.25) is 0 Å². The Hall–Kier alpha value is -4.28. The second kappa shape index (κ2) is 10.1. The molecule has 0 unspecified atom stereocenters. The molecule has 2 aromatic heterocycles. The number of rotatable bonds is 10. The van der Waals surface area contributed by atoms with Crippen molar-refractivity contribution < 1.29 is 18.7 Å². The van der Waals surface area contributed by atoms with Crippen LogP contribution in [0.3, 0.4) is 0 Å². The fraction of sp³-hybridized carbons (Fsp3) is 0.304. The van der Waals surface area contributed by atoms with Gasteiger partial charge in [0, 0.05) is 24.6 Å². The number of nitrogens with one attached hydrogen (secondary N) is 1. The summed E-state index contributed by atoms with van der Waals surface area (Å²) in [6.45, 7) is 2.24. The number of nitro groups is 1. The van der Waals surface area contributed by atoms with Crippen LogP contribution in [0, 0.1) is 17.0 Å². The number of fused-ring (bicyclic) bond motifs is 1. The van der Waals surface area contributed by atoms with Gasteiger partial charge in [0.25, 0.3) is 5.69 Å². The third-order valence-electron chi connectivity index (χ3n) is 5.33. The number of carbonyl (C=O) groups is 1. The number of nitro benzene ring substituents is 1. The Labute approximate surface area is 193 Å². The topological polar surface area (TPSA) is 146 Å². The Kier molecular flexibility index (Phi) is 6.81. The van der Waals surface area contributed by atoms with Gasteiger partial charge in [-0.1, -0.05) is 41.4 Å². The van der Waals surface area contributed by atoms with E-state index in [1.165, 1.54) is 12.1 Å². The maximum absolute atomic E-state index is 12.2. The van der Waals surface area contributed by atoms with Crippen molar-refractivity contribution in [3.63, 3.8) is 0 Å². The number of hydrogen-bond donors (Lipinski definition) is 1. The Bertz CT molecular complexity index is 1370. The van der Waals surface area contributed by atoms with Crippen LogP contribution >= 0.6 is 0 Å². The number of nitrogens with zero attached hydrogens (tertiary/aromatic N) is 4. The highest BCUT2D eigenvalue weighted by molar-refractivity contribution is 5.80. The van der Waals surface area contributed by atoms with Crippen molar-refractivity contribution in [2.75, 3.05) is 6.54 Å². The SMILES string of the molecule is Cc1ccc(-c2noc(CCCCCNC(=O)Cn3c(=O)oc4cc([N+](=O)[O-])ccc43)n2)cc1. The molecule has 0 spiro atoms. The van der Waals surface area contributed by atoms with E-state index in [-0.39, 0.29) is 23.7 Å². The number of oxazole rings is 1. The summed E-state index contributed by atoms with van der Waals surface area (Å²) < 4.78 is 11.5. The van der Waals surface area contributed by atoms with E-state index in [1.807, 2.05) is 31.2 Å². The van der Waals surface area contributed by atoms with E-state index in [9.17, 15) is 19.7 Å². The third-order valence-corrected chi connectivity index (χ3v) is 5.33. The molecule has 1 amide bonds. The van der Waals surface area contributed by atoms with Crippen LogP contribution in [0.15, 0.2) is 56.2 Å². The molecule has 4 rings (SSSR count). The number of benzene rings is 2. The highest BCUT2D eigenvalue weighted by Gasteiger charge is 2.16. The normalized spacial score (nSPS) is 11.1. The second-order valence-corrected chi connectivity index (χ2v) is 7.90. The fourth-order valence-electron chi connectivity index (χ4n) is 3.50. The predicted octanol–water partition coefficient (Wildman–Crippen LogP) is 3.39. The minimum absolute atomic E-state index is 0.0681. The van der Waals surface area contributed by atoms with Gasteiger partial charge in [-0.3, -0.25) is 19.5 Å². The summed E-state index contributed by atoms with van der Waals surface area (Å²) >= 11 is 0. The number of unbranched alkanes of at least 4 members (excludes halogenated alkanes) is 2. The van der Waals surface area contributed by atoms with Crippen molar-refractivity contribution in [3.8, 4) is 11.4 Å². The van der Waals surface area contributed by atoms with Crippen molar-refractivity contribution in [2.45, 2.75) is 39.2 Å². The zero-order valence-corrected chi connectivity index (χ0v) is 18.5. The first-order valence-electron chi connectivity index (χ1n) is 10.8. The predicted molar refractivity (Wildman–Crippen MR) is 122 cm³/mol. The first-order chi connectivity index (χ1) is 16.4. The lowest BCUT2D eigenvalue weighted by molar-refractivity contribution is -0.384. The number of non-ortho nitro benzene ring substituents is 1. The van der Waals surface area contributed by atoms with Gasteiger partial charge in [-0.25, -0.2) is 4.79 Å². The van der Waals surface area contributed by atoms with Crippen molar-refractivity contribution in [2.24, 2.45) is 0 Å². The average molecular weight is 465 g/mol. The van der Waals surface area contributed by atoms with E-state index < -0.39 is 10.7 Å². The van der Waals surface area contributed by atoms with Gasteiger partial charge in [0.2, 0.25) is 17.6 Å². The number of hydrogen-bond acceptors (Lipinski definition) is 8. The largest absolute Gasteiger partial charge is 0.420 e. The number of amides is 1. The summed E-state index contributed by atoms with van der Waals surface area (Å²) in [6.07, 6.45) is 3.07. The summed E-state index contributed by atoms with van der Waals surface area (Å²) in [4.78, 5) is 39.0. The summed E-state index contributed by atoms with van der Waals surface area (Å²) in [5.41, 5.74) is 2.28. The van der Waals surface area contributed by atoms with Crippen LogP contribution in [0.25, 0.3) is 22.5 Å². The molecule has 0 radical (unpaired) electrons. The van der Waals surface area contributed by atoms with E-state index in [1.54, 1.807) is 0 Å². The average Bonchev–Trinajstić information content (AvgIpc) is 3.40. The van der Waals surface area contributed by atoms with Crippen LogP contribution in [0.4, 0.5) is 5.69 Å². The molecule has 0 saturated carbocycles. The molecule has 34 heavy (non-hydrogen) atoms. The number of carbonyl (C=O) groups excluding carboxylic acids is 1. The monoisotopic (exact) mass is 465 g/mol. The zero-order valence-electron chi connectivity index (χ0n) is 18.5. The smallest absolute Gasteiger partial charge is 0.407 e. The van der Waals surface area contributed by atoms with Gasteiger partial charge in [0.1, 0.15) is 6.54 Å². The van der Waals surface area contributed by atoms with Gasteiger partial charge in [0.05, 0.1) is 16.5 Å². The molecule has 0 aliphatic rings. The first-order valence-corrected chi connectivity index (χ1v) is 10.8. The number of aryl methyl sites for hydroxylation is 2. The molecule has 2 heterocycles. The van der Waals surface area contributed by atoms with E-state index in [0.29, 0.717) is 30.2 Å². The molecule has 0 aliphatic carbocycles. The van der Waals surface area contributed by atoms with Gasteiger partial charge in [0.15, 0.2) is 5.58 Å². The fourth-order valence-corrected chi connectivity index (χ4v) is 3.50. The molecule has 4 aromatic rings. The molecule has 0 atom stereocenters. The van der Waals surface area contributed by atoms with Crippen molar-refractivity contribution >= 4 is 22.7 Å². The molecule has 11 nitrogen and oxygen atoms in total. The van der Waals surface area contributed by atoms with Crippen LogP contribution in [-0.2, 0) is 17.8 Å². The van der Waals surface area contributed by atoms with E-state index in [0.717, 1.165) is 41.0 Å². The lowest BCUT2D eigenvalue weighted by atomic mass is 10.1. The van der Waals surface area contributed by atoms with Crippen LogP contribution in [0.1, 0.15) is 30.7 Å². The second-order valence-electron chi connectivity index (χ2n) is 7.90. The van der Waals surface area contributed by atoms with Crippen molar-refractivity contribution in [1.29, 1.82) is 0 Å². The highest BCUT2D eigenvalue weighted by Crippen LogP contribution is 2.20. The minimum Gasteiger partial charge on any atom is -0.407 e. The molecular formula is C23H23N5O6. The quantitative estimate of drug-likeness (QED) is 0.213. The van der Waals surface area contributed by atoms with Crippen LogP contribution in [0.5, 0.6) is 0 Å². The standard InChI is InChI=1S/C23H23N5O6/c1-15-6-8-16(9-7-15)22-25-21(34-26-22)5-3-2-4-12-24-20(29)14-27-18-11-10-17(28(31)32)13-19(18)33-23(27)30/h6-11,13H,2-5,12,14H2,1H3,(H,24,29). The van der Waals surface area contributed by atoms with Crippen molar-refractivity contribution in [1.82, 2.24) is 20.0 Å². The van der Waals surface area contributed by atoms with E-state index in [2.05, 4.69) is 15.5 Å². The molecule has 0 saturated heterocycles. The van der Waals surface area contributed by atoms with Gasteiger partial charge in [-0.2, -0.15) is 4.98 Å².